The van der Waals surface area contributed by atoms with Gasteiger partial charge in [0.15, 0.2) is 0 Å². The molecule has 1 spiro atoms. The number of likely N-dealkylation sites (tertiary alicyclic amines) is 1. The maximum absolute atomic E-state index is 11.6. The van der Waals surface area contributed by atoms with Crippen molar-refractivity contribution in [1.29, 1.82) is 5.41 Å². The summed E-state index contributed by atoms with van der Waals surface area (Å²) in [5.41, 5.74) is 5.16. The average Bonchev–Trinajstić information content (AvgIpc) is 2.68. The van der Waals surface area contributed by atoms with Crippen molar-refractivity contribution in [3.63, 3.8) is 0 Å². The highest BCUT2D eigenvalue weighted by Crippen LogP contribution is 2.53. The summed E-state index contributed by atoms with van der Waals surface area (Å²) in [6.07, 6.45) is 8.67. The second-order valence-electron chi connectivity index (χ2n) is 9.04. The average molecular weight is 428 g/mol. The Hall–Kier alpha value is -2.18. The van der Waals surface area contributed by atoms with Gasteiger partial charge in [0, 0.05) is 37.5 Å². The van der Waals surface area contributed by atoms with Gasteiger partial charge in [0.2, 0.25) is 0 Å². The molecule has 2 heterocycles. The quantitative estimate of drug-likeness (QED) is 0.561. The highest BCUT2D eigenvalue weighted by Gasteiger charge is 2.51. The van der Waals surface area contributed by atoms with Crippen LogP contribution in [-0.2, 0) is 12.8 Å². The van der Waals surface area contributed by atoms with Gasteiger partial charge < -0.3 is 15.6 Å². The van der Waals surface area contributed by atoms with E-state index in [2.05, 4.69) is 26.5 Å². The van der Waals surface area contributed by atoms with E-state index in [1.165, 1.54) is 37.7 Å². The van der Waals surface area contributed by atoms with Crippen LogP contribution in [0.3, 0.4) is 0 Å². The van der Waals surface area contributed by atoms with Crippen LogP contribution in [0.5, 0.6) is 0 Å². The van der Waals surface area contributed by atoms with E-state index in [9.17, 15) is 4.79 Å². The highest BCUT2D eigenvalue weighted by atomic mass is 35.5. The van der Waals surface area contributed by atoms with Crippen LogP contribution in [0.15, 0.2) is 23.1 Å². The Morgan fingerprint density at radius 2 is 2.13 bits per heavy atom. The third-order valence-electron chi connectivity index (χ3n) is 6.86. The molecule has 1 saturated heterocycles. The van der Waals surface area contributed by atoms with E-state index in [-0.39, 0.29) is 5.56 Å². The summed E-state index contributed by atoms with van der Waals surface area (Å²) in [6.45, 7) is 5.34. The number of H-pyrrole nitrogens is 1. The smallest absolute Gasteiger partial charge is 0.267 e. The number of hydrogen-bond donors (Lipinski definition) is 3. The fraction of sp³-hybridized carbons (Fsp3) is 0.522. The summed E-state index contributed by atoms with van der Waals surface area (Å²) in [4.78, 5) is 14.2. The Kier molecular flexibility index (Phi) is 5.98. The molecule has 1 aromatic carbocycles. The molecule has 0 amide bonds. The van der Waals surface area contributed by atoms with Gasteiger partial charge in [-0.25, -0.2) is 5.10 Å². The molecule has 2 aliphatic rings. The summed E-state index contributed by atoms with van der Waals surface area (Å²) >= 11 is 6.59. The molecule has 1 aliphatic carbocycles. The molecule has 2 aromatic rings. The van der Waals surface area contributed by atoms with Crippen molar-refractivity contribution in [1.82, 2.24) is 15.1 Å². The van der Waals surface area contributed by atoms with E-state index in [4.69, 9.17) is 17.0 Å². The number of benzene rings is 1. The first kappa shape index (κ1) is 21.1. The third-order valence-corrected chi connectivity index (χ3v) is 7.29. The largest absolute Gasteiger partial charge is 0.386 e. The number of rotatable bonds is 8. The molecule has 1 aliphatic heterocycles. The molecular formula is C23H30ClN5O. The SMILES string of the molecule is CNc1c(C=N)ccc(CC2CC3(C2)CN(CCCc2cn[nH]c(=O)c2C)C3)c1Cl. The van der Waals surface area contributed by atoms with Crippen LogP contribution in [0.4, 0.5) is 5.69 Å². The van der Waals surface area contributed by atoms with Crippen LogP contribution < -0.4 is 10.9 Å². The standard InChI is InChI=1S/C23H30ClN5O/c1-15-19(12-27-28-22(15)30)4-3-7-29-13-23(14-29)9-16(10-23)8-17-5-6-18(11-25)21(26-2)20(17)24/h5-6,11-12,16,25-26H,3-4,7-10,13-14H2,1-2H3,(H,28,30). The molecule has 0 radical (unpaired) electrons. The maximum Gasteiger partial charge on any atom is 0.267 e. The number of hydrogen-bond acceptors (Lipinski definition) is 5. The summed E-state index contributed by atoms with van der Waals surface area (Å²) < 4.78 is 0. The van der Waals surface area contributed by atoms with Crippen molar-refractivity contribution >= 4 is 23.5 Å². The van der Waals surface area contributed by atoms with Crippen LogP contribution in [-0.4, -0.2) is 48.0 Å². The first-order valence-corrected chi connectivity index (χ1v) is 11.1. The molecule has 160 valence electrons. The van der Waals surface area contributed by atoms with Crippen LogP contribution in [0, 0.1) is 23.7 Å². The maximum atomic E-state index is 11.6. The topological polar surface area (TPSA) is 84.9 Å². The Balaban J connectivity index is 1.22. The molecule has 0 bridgehead atoms. The van der Waals surface area contributed by atoms with E-state index in [0.29, 0.717) is 11.3 Å². The molecule has 2 fully saturated rings. The zero-order valence-electron chi connectivity index (χ0n) is 17.7. The molecule has 6 nitrogen and oxygen atoms in total. The molecule has 7 heteroatoms. The van der Waals surface area contributed by atoms with Gasteiger partial charge in [0.1, 0.15) is 0 Å². The molecule has 4 rings (SSSR count). The Labute approximate surface area is 182 Å². The number of aromatic nitrogens is 2. The number of aromatic amines is 1. The lowest BCUT2D eigenvalue weighted by molar-refractivity contribution is -0.0936. The Bertz CT molecular complexity index is 988. The number of nitrogens with zero attached hydrogens (tertiary/aromatic N) is 2. The third kappa shape index (κ3) is 4.03. The lowest BCUT2D eigenvalue weighted by Crippen LogP contribution is -2.62. The molecule has 30 heavy (non-hydrogen) atoms. The monoisotopic (exact) mass is 427 g/mol. The minimum Gasteiger partial charge on any atom is -0.386 e. The van der Waals surface area contributed by atoms with Gasteiger partial charge in [0.25, 0.3) is 5.56 Å². The predicted molar refractivity (Wildman–Crippen MR) is 122 cm³/mol. The molecular weight excluding hydrogens is 398 g/mol. The van der Waals surface area contributed by atoms with Crippen LogP contribution in [0.2, 0.25) is 5.02 Å². The van der Waals surface area contributed by atoms with E-state index in [1.807, 2.05) is 20.0 Å². The lowest BCUT2D eigenvalue weighted by Gasteiger charge is -2.59. The number of anilines is 1. The lowest BCUT2D eigenvalue weighted by atomic mass is 9.56. The van der Waals surface area contributed by atoms with Crippen LogP contribution in [0.25, 0.3) is 0 Å². The van der Waals surface area contributed by atoms with Gasteiger partial charge in [-0.1, -0.05) is 23.7 Å². The number of nitrogens with one attached hydrogen (secondary N) is 3. The molecule has 1 aromatic heterocycles. The molecule has 3 N–H and O–H groups in total. The molecule has 1 saturated carbocycles. The minimum atomic E-state index is -0.0784. The van der Waals surface area contributed by atoms with E-state index in [0.717, 1.165) is 53.2 Å². The first-order chi connectivity index (χ1) is 14.4. The fourth-order valence-corrected chi connectivity index (χ4v) is 5.69. The fourth-order valence-electron chi connectivity index (χ4n) is 5.35. The summed E-state index contributed by atoms with van der Waals surface area (Å²) in [5, 5.41) is 17.8. The van der Waals surface area contributed by atoms with Crippen LogP contribution >= 0.6 is 11.6 Å². The van der Waals surface area contributed by atoms with Crippen molar-refractivity contribution in [2.75, 3.05) is 32.0 Å². The van der Waals surface area contributed by atoms with Gasteiger partial charge in [-0.3, -0.25) is 4.79 Å². The van der Waals surface area contributed by atoms with Crippen molar-refractivity contribution in [3.05, 3.63) is 56.0 Å². The van der Waals surface area contributed by atoms with E-state index < -0.39 is 0 Å². The van der Waals surface area contributed by atoms with Crippen molar-refractivity contribution in [2.24, 2.45) is 11.3 Å². The zero-order chi connectivity index (χ0) is 21.3. The second-order valence-corrected chi connectivity index (χ2v) is 9.42. The van der Waals surface area contributed by atoms with Gasteiger partial charge in [-0.15, -0.1) is 0 Å². The Morgan fingerprint density at radius 3 is 2.83 bits per heavy atom. The number of halogens is 1. The summed E-state index contributed by atoms with van der Waals surface area (Å²) in [7, 11) is 1.85. The first-order valence-electron chi connectivity index (χ1n) is 10.7. The second kappa shape index (κ2) is 8.52. The minimum absolute atomic E-state index is 0.0784. The summed E-state index contributed by atoms with van der Waals surface area (Å²) in [6, 6.07) is 4.06. The van der Waals surface area contributed by atoms with Crippen molar-refractivity contribution in [2.45, 2.75) is 39.0 Å². The Morgan fingerprint density at radius 1 is 1.37 bits per heavy atom. The molecule has 0 atom stereocenters. The zero-order valence-corrected chi connectivity index (χ0v) is 18.5. The van der Waals surface area contributed by atoms with Crippen molar-refractivity contribution < 1.29 is 0 Å². The van der Waals surface area contributed by atoms with Gasteiger partial charge in [-0.2, -0.15) is 5.10 Å². The summed E-state index contributed by atoms with van der Waals surface area (Å²) in [5.74, 6) is 0.699. The van der Waals surface area contributed by atoms with Crippen molar-refractivity contribution in [3.8, 4) is 0 Å². The molecule has 0 unspecified atom stereocenters. The normalized spacial score (nSPS) is 18.1. The number of aryl methyl sites for hydroxylation is 1. The van der Waals surface area contributed by atoms with E-state index in [1.54, 1.807) is 6.20 Å². The van der Waals surface area contributed by atoms with E-state index >= 15 is 0 Å². The van der Waals surface area contributed by atoms with Gasteiger partial charge >= 0.3 is 0 Å². The van der Waals surface area contributed by atoms with Gasteiger partial charge in [0.05, 0.1) is 16.9 Å². The highest BCUT2D eigenvalue weighted by molar-refractivity contribution is 6.34. The predicted octanol–water partition coefficient (Wildman–Crippen LogP) is 3.66. The van der Waals surface area contributed by atoms with Gasteiger partial charge in [-0.05, 0) is 68.0 Å². The van der Waals surface area contributed by atoms with Crippen LogP contribution in [0.1, 0.15) is 41.5 Å².